The van der Waals surface area contributed by atoms with Gasteiger partial charge in [0.1, 0.15) is 17.1 Å². The van der Waals surface area contributed by atoms with E-state index in [9.17, 15) is 4.79 Å². The molecule has 0 fully saturated rings. The maximum Gasteiger partial charge on any atom is 0.251 e. The predicted octanol–water partition coefficient (Wildman–Crippen LogP) is 4.04. The molecule has 0 saturated heterocycles. The fraction of sp³-hybridized carbons (Fsp3) is 0.350. The molecule has 24 heavy (non-hydrogen) atoms. The molecular formula is C20H23NO3. The smallest absolute Gasteiger partial charge is 0.251 e. The molecule has 0 aliphatic carbocycles. The second-order valence-corrected chi connectivity index (χ2v) is 6.87. The number of aryl methyl sites for hydroxylation is 1. The fourth-order valence-corrected chi connectivity index (χ4v) is 3.11. The molecule has 1 aliphatic rings. The van der Waals surface area contributed by atoms with E-state index in [1.54, 1.807) is 19.2 Å². The van der Waals surface area contributed by atoms with Gasteiger partial charge in [0, 0.05) is 17.5 Å². The van der Waals surface area contributed by atoms with E-state index < -0.39 is 0 Å². The van der Waals surface area contributed by atoms with Crippen molar-refractivity contribution in [3.63, 3.8) is 0 Å². The van der Waals surface area contributed by atoms with Crippen LogP contribution in [0.5, 0.6) is 11.5 Å². The van der Waals surface area contributed by atoms with Gasteiger partial charge in [0.15, 0.2) is 0 Å². The van der Waals surface area contributed by atoms with Crippen LogP contribution < -0.4 is 14.8 Å². The summed E-state index contributed by atoms with van der Waals surface area (Å²) in [4.78, 5) is 12.7. The van der Waals surface area contributed by atoms with Crippen molar-refractivity contribution in [1.29, 1.82) is 0 Å². The molecule has 1 aliphatic heterocycles. The molecule has 126 valence electrons. The fourth-order valence-electron chi connectivity index (χ4n) is 3.11. The molecule has 4 heteroatoms. The second-order valence-electron chi connectivity index (χ2n) is 6.87. The van der Waals surface area contributed by atoms with Crippen LogP contribution in [-0.4, -0.2) is 18.6 Å². The standard InChI is InChI=1S/C20H23NO3/c1-13-8-9-18-16(10-13)17(12-20(2,3)24-18)21-19(22)14-6-5-7-15(11-14)23-4/h5-11,17H,12H2,1-4H3,(H,21,22)/t17-/m0/s1. The van der Waals surface area contributed by atoms with E-state index in [2.05, 4.69) is 11.4 Å². The van der Waals surface area contributed by atoms with Crippen LogP contribution in [0, 0.1) is 6.92 Å². The maximum atomic E-state index is 12.7. The van der Waals surface area contributed by atoms with Crippen LogP contribution in [-0.2, 0) is 0 Å². The van der Waals surface area contributed by atoms with Crippen molar-refractivity contribution >= 4 is 5.91 Å². The molecule has 1 N–H and O–H groups in total. The Morgan fingerprint density at radius 1 is 1.25 bits per heavy atom. The Morgan fingerprint density at radius 3 is 2.79 bits per heavy atom. The van der Waals surface area contributed by atoms with Gasteiger partial charge in [-0.15, -0.1) is 0 Å². The van der Waals surface area contributed by atoms with E-state index >= 15 is 0 Å². The van der Waals surface area contributed by atoms with E-state index in [1.807, 2.05) is 45.0 Å². The van der Waals surface area contributed by atoms with Gasteiger partial charge in [0.05, 0.1) is 13.2 Å². The molecule has 2 aromatic carbocycles. The average Bonchev–Trinajstić information content (AvgIpc) is 2.55. The number of hydrogen-bond donors (Lipinski definition) is 1. The van der Waals surface area contributed by atoms with Crippen molar-refractivity contribution in [3.8, 4) is 11.5 Å². The number of amides is 1. The Bertz CT molecular complexity index is 767. The number of nitrogens with one attached hydrogen (secondary N) is 1. The minimum atomic E-state index is -0.325. The first-order chi connectivity index (χ1) is 11.4. The van der Waals surface area contributed by atoms with Crippen LogP contribution in [0.1, 0.15) is 47.8 Å². The summed E-state index contributed by atoms with van der Waals surface area (Å²) >= 11 is 0. The van der Waals surface area contributed by atoms with Crippen LogP contribution in [0.4, 0.5) is 0 Å². The average molecular weight is 325 g/mol. The third-order valence-corrected chi connectivity index (χ3v) is 4.26. The monoisotopic (exact) mass is 325 g/mol. The first kappa shape index (κ1) is 16.4. The van der Waals surface area contributed by atoms with Crippen LogP contribution in [0.25, 0.3) is 0 Å². The summed E-state index contributed by atoms with van der Waals surface area (Å²) in [6.07, 6.45) is 0.721. The molecule has 1 amide bonds. The highest BCUT2D eigenvalue weighted by atomic mass is 16.5. The van der Waals surface area contributed by atoms with Crippen molar-refractivity contribution in [2.75, 3.05) is 7.11 Å². The molecular weight excluding hydrogens is 302 g/mol. The topological polar surface area (TPSA) is 47.6 Å². The molecule has 4 nitrogen and oxygen atoms in total. The minimum absolute atomic E-state index is 0.0812. The predicted molar refractivity (Wildman–Crippen MR) is 93.7 cm³/mol. The first-order valence-corrected chi connectivity index (χ1v) is 8.12. The van der Waals surface area contributed by atoms with E-state index in [-0.39, 0.29) is 17.6 Å². The summed E-state index contributed by atoms with van der Waals surface area (Å²) in [6.45, 7) is 6.13. The third-order valence-electron chi connectivity index (χ3n) is 4.26. The van der Waals surface area contributed by atoms with Crippen molar-refractivity contribution in [1.82, 2.24) is 5.32 Å². The minimum Gasteiger partial charge on any atom is -0.497 e. The van der Waals surface area contributed by atoms with Crippen molar-refractivity contribution in [2.45, 2.75) is 38.8 Å². The van der Waals surface area contributed by atoms with E-state index in [0.29, 0.717) is 11.3 Å². The van der Waals surface area contributed by atoms with Crippen molar-refractivity contribution in [3.05, 3.63) is 59.2 Å². The molecule has 3 rings (SSSR count). The summed E-state index contributed by atoms with van der Waals surface area (Å²) < 4.78 is 11.3. The summed E-state index contributed by atoms with van der Waals surface area (Å²) in [5, 5.41) is 3.15. The molecule has 1 atom stereocenters. The Kier molecular flexibility index (Phi) is 4.22. The second kappa shape index (κ2) is 6.19. The van der Waals surface area contributed by atoms with Crippen molar-refractivity contribution < 1.29 is 14.3 Å². The lowest BCUT2D eigenvalue weighted by atomic mass is 9.88. The van der Waals surface area contributed by atoms with Gasteiger partial charge in [-0.1, -0.05) is 23.8 Å². The lowest BCUT2D eigenvalue weighted by Gasteiger charge is -2.38. The number of rotatable bonds is 3. The van der Waals surface area contributed by atoms with Crippen LogP contribution in [0.2, 0.25) is 0 Å². The lowest BCUT2D eigenvalue weighted by Crippen LogP contribution is -2.41. The summed E-state index contributed by atoms with van der Waals surface area (Å²) in [5.41, 5.74) is 2.45. The Hall–Kier alpha value is -2.49. The number of hydrogen-bond acceptors (Lipinski definition) is 3. The molecule has 0 bridgehead atoms. The quantitative estimate of drug-likeness (QED) is 0.926. The van der Waals surface area contributed by atoms with Crippen LogP contribution >= 0.6 is 0 Å². The van der Waals surface area contributed by atoms with Gasteiger partial charge in [-0.05, 0) is 45.0 Å². The van der Waals surface area contributed by atoms with Gasteiger partial charge in [-0.25, -0.2) is 0 Å². The summed E-state index contributed by atoms with van der Waals surface area (Å²) in [7, 11) is 1.59. The van der Waals surface area contributed by atoms with E-state index in [1.165, 1.54) is 0 Å². The van der Waals surface area contributed by atoms with Gasteiger partial charge in [0.2, 0.25) is 0 Å². The van der Waals surface area contributed by atoms with E-state index in [4.69, 9.17) is 9.47 Å². The van der Waals surface area contributed by atoms with Crippen molar-refractivity contribution in [2.24, 2.45) is 0 Å². The number of carbonyl (C=O) groups is 1. The first-order valence-electron chi connectivity index (χ1n) is 8.12. The normalized spacial score (nSPS) is 18.2. The van der Waals surface area contributed by atoms with Gasteiger partial charge in [0.25, 0.3) is 5.91 Å². The molecule has 0 radical (unpaired) electrons. The summed E-state index contributed by atoms with van der Waals surface area (Å²) in [6, 6.07) is 13.2. The Labute approximate surface area is 142 Å². The highest BCUT2D eigenvalue weighted by Crippen LogP contribution is 2.40. The van der Waals surface area contributed by atoms with Gasteiger partial charge in [-0.2, -0.15) is 0 Å². The lowest BCUT2D eigenvalue weighted by molar-refractivity contribution is 0.0619. The molecule has 1 heterocycles. The number of benzene rings is 2. The molecule has 0 spiro atoms. The van der Waals surface area contributed by atoms with Crippen LogP contribution in [0.15, 0.2) is 42.5 Å². The zero-order valence-corrected chi connectivity index (χ0v) is 14.6. The van der Waals surface area contributed by atoms with Gasteiger partial charge in [-0.3, -0.25) is 4.79 Å². The maximum absolute atomic E-state index is 12.7. The van der Waals surface area contributed by atoms with Crippen LogP contribution in [0.3, 0.4) is 0 Å². The highest BCUT2D eigenvalue weighted by molar-refractivity contribution is 5.94. The number of fused-ring (bicyclic) bond motifs is 1. The molecule has 0 unspecified atom stereocenters. The Balaban J connectivity index is 1.88. The van der Waals surface area contributed by atoms with Gasteiger partial charge < -0.3 is 14.8 Å². The van der Waals surface area contributed by atoms with Gasteiger partial charge >= 0.3 is 0 Å². The highest BCUT2D eigenvalue weighted by Gasteiger charge is 2.34. The SMILES string of the molecule is COc1cccc(C(=O)N[C@H]2CC(C)(C)Oc3ccc(C)cc32)c1. The van der Waals surface area contributed by atoms with E-state index in [0.717, 1.165) is 23.3 Å². The summed E-state index contributed by atoms with van der Waals surface area (Å²) in [5.74, 6) is 1.41. The third kappa shape index (κ3) is 3.37. The molecule has 0 saturated carbocycles. The largest absolute Gasteiger partial charge is 0.497 e. The molecule has 2 aromatic rings. The Morgan fingerprint density at radius 2 is 2.04 bits per heavy atom. The molecule has 0 aromatic heterocycles. The number of methoxy groups -OCH3 is 1. The number of carbonyl (C=O) groups excluding carboxylic acids is 1. The zero-order valence-electron chi connectivity index (χ0n) is 14.6. The zero-order chi connectivity index (χ0) is 17.3. The number of ether oxygens (including phenoxy) is 2.